The number of benzene rings is 2. The first-order valence-electron chi connectivity index (χ1n) is 9.51. The third kappa shape index (κ3) is 4.13. The van der Waals surface area contributed by atoms with Crippen molar-refractivity contribution in [1.82, 2.24) is 14.8 Å². The Labute approximate surface area is 201 Å². The van der Waals surface area contributed by atoms with Crippen LogP contribution in [0.4, 0.5) is 0 Å². The van der Waals surface area contributed by atoms with Gasteiger partial charge in [0.05, 0.1) is 17.8 Å². The van der Waals surface area contributed by atoms with Gasteiger partial charge in [0.1, 0.15) is 5.92 Å². The number of H-pyrrole nitrogens is 1. The molecule has 6 nitrogen and oxygen atoms in total. The van der Waals surface area contributed by atoms with Crippen LogP contribution in [-0.4, -0.2) is 14.8 Å². The molecule has 0 aliphatic rings. The largest absolute Gasteiger partial charge is 0.293 e. The molecular formula is C23H15BrClN5OS. The van der Waals surface area contributed by atoms with Gasteiger partial charge in [0.2, 0.25) is 5.13 Å². The van der Waals surface area contributed by atoms with Crippen LogP contribution in [-0.2, 0) is 0 Å². The molecule has 2 aromatic carbocycles. The number of hydrogen-bond acceptors (Lipinski definition) is 5. The van der Waals surface area contributed by atoms with E-state index < -0.39 is 11.8 Å². The second-order valence-electron chi connectivity index (χ2n) is 7.08. The summed E-state index contributed by atoms with van der Waals surface area (Å²) in [4.78, 5) is 18.0. The van der Waals surface area contributed by atoms with E-state index in [2.05, 4.69) is 26.0 Å². The Balaban J connectivity index is 1.81. The number of thiazole rings is 1. The molecule has 0 amide bonds. The Morgan fingerprint density at radius 3 is 2.41 bits per heavy atom. The van der Waals surface area contributed by atoms with Crippen LogP contribution in [0.15, 0.2) is 63.2 Å². The van der Waals surface area contributed by atoms with Gasteiger partial charge < -0.3 is 0 Å². The smallest absolute Gasteiger partial charge is 0.277 e. The molecular weight excluding hydrogens is 510 g/mol. The summed E-state index contributed by atoms with van der Waals surface area (Å²) in [6, 6.07) is 18.7. The van der Waals surface area contributed by atoms with Crippen molar-refractivity contribution in [3.05, 3.63) is 90.6 Å². The van der Waals surface area contributed by atoms with E-state index in [1.807, 2.05) is 53.9 Å². The second kappa shape index (κ2) is 9.13. The number of aromatic amines is 1. The highest BCUT2D eigenvalue weighted by molar-refractivity contribution is 9.10. The molecule has 0 unspecified atom stereocenters. The van der Waals surface area contributed by atoms with Crippen LogP contribution in [0.1, 0.15) is 22.7 Å². The highest BCUT2D eigenvalue weighted by atomic mass is 79.9. The summed E-state index contributed by atoms with van der Waals surface area (Å²) in [5.41, 5.74) is 2.95. The maximum Gasteiger partial charge on any atom is 0.277 e. The molecule has 0 fully saturated rings. The van der Waals surface area contributed by atoms with Crippen LogP contribution < -0.4 is 5.56 Å². The number of nitriles is 2. The minimum Gasteiger partial charge on any atom is -0.293 e. The summed E-state index contributed by atoms with van der Waals surface area (Å²) in [7, 11) is 0. The minimum absolute atomic E-state index is 0.331. The van der Waals surface area contributed by atoms with E-state index in [0.717, 1.165) is 15.7 Å². The quantitative estimate of drug-likeness (QED) is 0.356. The molecule has 0 aliphatic heterocycles. The molecule has 0 saturated heterocycles. The van der Waals surface area contributed by atoms with Gasteiger partial charge >= 0.3 is 0 Å². The van der Waals surface area contributed by atoms with Crippen molar-refractivity contribution in [3.63, 3.8) is 0 Å². The molecule has 0 saturated carbocycles. The molecule has 0 aliphatic carbocycles. The monoisotopic (exact) mass is 523 g/mol. The van der Waals surface area contributed by atoms with Crippen molar-refractivity contribution < 1.29 is 0 Å². The van der Waals surface area contributed by atoms with Gasteiger partial charge in [-0.05, 0) is 36.8 Å². The Kier molecular flexibility index (Phi) is 6.29. The number of aryl methyl sites for hydroxylation is 1. The molecule has 1 N–H and O–H groups in total. The number of aromatic nitrogens is 3. The van der Waals surface area contributed by atoms with Crippen LogP contribution in [0.5, 0.6) is 0 Å². The van der Waals surface area contributed by atoms with Gasteiger partial charge in [-0.25, -0.2) is 4.98 Å². The number of halogens is 2. The first kappa shape index (κ1) is 22.0. The standard InChI is InChI=1S/C23H15BrClN5OS/c1-13-20(21(16(10-26)11-27)15-2-6-17(24)7-3-15)22(31)30(29-13)23-28-19(12-32-23)14-4-8-18(25)9-5-14/h2-9,12,16,21,29H,1H3/t21-/m1/s1. The Bertz CT molecular complexity index is 1390. The molecule has 2 heterocycles. The first-order chi connectivity index (χ1) is 15.4. The van der Waals surface area contributed by atoms with Gasteiger partial charge in [-0.3, -0.25) is 9.89 Å². The van der Waals surface area contributed by atoms with Crippen LogP contribution in [0, 0.1) is 35.5 Å². The lowest BCUT2D eigenvalue weighted by Crippen LogP contribution is -2.23. The van der Waals surface area contributed by atoms with Gasteiger partial charge in [0.25, 0.3) is 5.56 Å². The van der Waals surface area contributed by atoms with Crippen LogP contribution >= 0.6 is 38.9 Å². The summed E-state index contributed by atoms with van der Waals surface area (Å²) in [6.07, 6.45) is 0. The van der Waals surface area contributed by atoms with E-state index in [1.54, 1.807) is 19.1 Å². The lowest BCUT2D eigenvalue weighted by atomic mass is 9.82. The minimum atomic E-state index is -1.02. The molecule has 0 spiro atoms. The average Bonchev–Trinajstić information content (AvgIpc) is 3.38. The van der Waals surface area contributed by atoms with E-state index in [4.69, 9.17) is 11.6 Å². The maximum atomic E-state index is 13.5. The van der Waals surface area contributed by atoms with Gasteiger partial charge in [0.15, 0.2) is 0 Å². The van der Waals surface area contributed by atoms with E-state index in [9.17, 15) is 15.3 Å². The third-order valence-electron chi connectivity index (χ3n) is 5.09. The molecule has 158 valence electrons. The van der Waals surface area contributed by atoms with Gasteiger partial charge in [0, 0.05) is 37.6 Å². The number of nitrogens with one attached hydrogen (secondary N) is 1. The van der Waals surface area contributed by atoms with Crippen molar-refractivity contribution in [1.29, 1.82) is 10.5 Å². The molecule has 0 radical (unpaired) electrons. The number of nitrogens with zero attached hydrogens (tertiary/aromatic N) is 4. The highest BCUT2D eigenvalue weighted by Crippen LogP contribution is 2.33. The fraction of sp³-hybridized carbons (Fsp3) is 0.130. The molecule has 1 atom stereocenters. The SMILES string of the molecule is Cc1[nH]n(-c2nc(-c3ccc(Cl)cc3)cs2)c(=O)c1[C@H](c1ccc(Br)cc1)C(C#N)C#N. The Morgan fingerprint density at radius 1 is 1.12 bits per heavy atom. The van der Waals surface area contributed by atoms with Gasteiger partial charge in [-0.15, -0.1) is 11.3 Å². The fourth-order valence-corrected chi connectivity index (χ4v) is 4.74. The summed E-state index contributed by atoms with van der Waals surface area (Å²) >= 11 is 10.7. The zero-order valence-corrected chi connectivity index (χ0v) is 19.9. The van der Waals surface area contributed by atoms with Gasteiger partial charge in [-0.2, -0.15) is 15.2 Å². The summed E-state index contributed by atoms with van der Waals surface area (Å²) in [5.74, 6) is -1.72. The number of rotatable bonds is 5. The normalized spacial score (nSPS) is 11.8. The first-order valence-corrected chi connectivity index (χ1v) is 11.6. The molecule has 9 heteroatoms. The number of hydrogen-bond donors (Lipinski definition) is 1. The third-order valence-corrected chi connectivity index (χ3v) is 6.70. The summed E-state index contributed by atoms with van der Waals surface area (Å²) < 4.78 is 2.23. The van der Waals surface area contributed by atoms with Gasteiger partial charge in [-0.1, -0.05) is 51.8 Å². The molecule has 4 aromatic rings. The molecule has 0 bridgehead atoms. The van der Waals surface area contributed by atoms with Crippen LogP contribution in [0.2, 0.25) is 5.02 Å². The predicted molar refractivity (Wildman–Crippen MR) is 128 cm³/mol. The van der Waals surface area contributed by atoms with Crippen molar-refractivity contribution in [2.24, 2.45) is 5.92 Å². The molecule has 32 heavy (non-hydrogen) atoms. The van der Waals surface area contributed by atoms with Crippen molar-refractivity contribution in [2.75, 3.05) is 0 Å². The highest BCUT2D eigenvalue weighted by Gasteiger charge is 2.31. The molecule has 2 aromatic heterocycles. The van der Waals surface area contributed by atoms with E-state index in [0.29, 0.717) is 27.0 Å². The average molecular weight is 525 g/mol. The zero-order chi connectivity index (χ0) is 22.8. The maximum absolute atomic E-state index is 13.5. The lowest BCUT2D eigenvalue weighted by molar-refractivity contribution is 0.699. The second-order valence-corrected chi connectivity index (χ2v) is 9.27. The van der Waals surface area contributed by atoms with E-state index in [-0.39, 0.29) is 5.56 Å². The fourth-order valence-electron chi connectivity index (χ4n) is 3.55. The lowest BCUT2D eigenvalue weighted by Gasteiger charge is -2.17. The van der Waals surface area contributed by atoms with E-state index >= 15 is 0 Å². The van der Waals surface area contributed by atoms with Crippen LogP contribution in [0.3, 0.4) is 0 Å². The topological polar surface area (TPSA) is 98.3 Å². The Morgan fingerprint density at radius 2 is 1.78 bits per heavy atom. The van der Waals surface area contributed by atoms with Crippen LogP contribution in [0.25, 0.3) is 16.4 Å². The predicted octanol–water partition coefficient (Wildman–Crippen LogP) is 5.81. The molecule has 4 rings (SSSR count). The Hall–Kier alpha value is -3.17. The van der Waals surface area contributed by atoms with E-state index in [1.165, 1.54) is 16.0 Å². The van der Waals surface area contributed by atoms with Crippen molar-refractivity contribution in [3.8, 4) is 28.5 Å². The van der Waals surface area contributed by atoms with Crippen molar-refractivity contribution in [2.45, 2.75) is 12.8 Å². The summed E-state index contributed by atoms with van der Waals surface area (Å²) in [6.45, 7) is 1.76. The summed E-state index contributed by atoms with van der Waals surface area (Å²) in [5, 5.41) is 25.2. The zero-order valence-electron chi connectivity index (χ0n) is 16.7. The van der Waals surface area contributed by atoms with Crippen molar-refractivity contribution >= 4 is 38.9 Å².